The Balaban J connectivity index is 1.56. The monoisotopic (exact) mass is 468 g/mol. The third-order valence-electron chi connectivity index (χ3n) is 5.71. The van der Waals surface area contributed by atoms with Gasteiger partial charge in [-0.05, 0) is 73.2 Å². The van der Waals surface area contributed by atoms with E-state index in [-0.39, 0.29) is 6.04 Å². The molecule has 7 heteroatoms. The van der Waals surface area contributed by atoms with Gasteiger partial charge in [0.2, 0.25) is 6.23 Å². The molecule has 0 N–H and O–H groups in total. The minimum Gasteiger partial charge on any atom is -0.497 e. The van der Waals surface area contributed by atoms with Crippen LogP contribution in [0.2, 0.25) is 10.0 Å². The van der Waals surface area contributed by atoms with Crippen molar-refractivity contribution in [2.24, 2.45) is 5.10 Å². The van der Waals surface area contributed by atoms with E-state index in [9.17, 15) is 0 Å². The molecule has 2 heterocycles. The van der Waals surface area contributed by atoms with E-state index in [4.69, 9.17) is 42.5 Å². The summed E-state index contributed by atoms with van der Waals surface area (Å²) in [7, 11) is 1.66. The maximum Gasteiger partial charge on any atom is 0.213 e. The van der Waals surface area contributed by atoms with E-state index in [0.29, 0.717) is 28.8 Å². The topological polar surface area (TPSA) is 43.3 Å². The Hall–Kier alpha value is -2.89. The Labute approximate surface area is 197 Å². The van der Waals surface area contributed by atoms with Crippen molar-refractivity contribution in [3.63, 3.8) is 0 Å². The third-order valence-corrected chi connectivity index (χ3v) is 6.21. The van der Waals surface area contributed by atoms with Crippen molar-refractivity contribution in [1.82, 2.24) is 5.01 Å². The molecule has 0 bridgehead atoms. The van der Waals surface area contributed by atoms with Gasteiger partial charge in [0.1, 0.15) is 17.2 Å². The van der Waals surface area contributed by atoms with Gasteiger partial charge in [0.25, 0.3) is 0 Å². The first-order valence-electron chi connectivity index (χ1n) is 10.5. The van der Waals surface area contributed by atoms with Crippen LogP contribution in [0.25, 0.3) is 0 Å². The molecule has 2 aliphatic rings. The Morgan fingerprint density at radius 1 is 1.03 bits per heavy atom. The van der Waals surface area contributed by atoms with Crippen molar-refractivity contribution in [3.05, 3.63) is 87.4 Å². The van der Waals surface area contributed by atoms with E-state index in [0.717, 1.165) is 33.9 Å². The molecule has 0 fully saturated rings. The molecule has 0 aromatic heterocycles. The van der Waals surface area contributed by atoms with Crippen molar-refractivity contribution < 1.29 is 14.2 Å². The molecule has 0 saturated heterocycles. The predicted octanol–water partition coefficient (Wildman–Crippen LogP) is 6.64. The summed E-state index contributed by atoms with van der Waals surface area (Å²) in [6.45, 7) is 2.58. The summed E-state index contributed by atoms with van der Waals surface area (Å²) in [6.07, 6.45) is 0.296. The lowest BCUT2D eigenvalue weighted by Gasteiger charge is -2.38. The molecule has 5 rings (SSSR count). The van der Waals surface area contributed by atoms with Crippen LogP contribution in [0.4, 0.5) is 0 Å². The number of rotatable bonds is 5. The maximum absolute atomic E-state index is 6.54. The van der Waals surface area contributed by atoms with Gasteiger partial charge in [0.15, 0.2) is 0 Å². The average molecular weight is 469 g/mol. The third kappa shape index (κ3) is 3.76. The van der Waals surface area contributed by atoms with Gasteiger partial charge in [-0.2, -0.15) is 5.10 Å². The molecule has 0 saturated carbocycles. The van der Waals surface area contributed by atoms with Crippen molar-refractivity contribution in [2.45, 2.75) is 25.6 Å². The fourth-order valence-corrected chi connectivity index (χ4v) is 4.74. The molecule has 164 valence electrons. The highest BCUT2D eigenvalue weighted by molar-refractivity contribution is 6.35. The quantitative estimate of drug-likeness (QED) is 0.420. The van der Waals surface area contributed by atoms with Crippen LogP contribution >= 0.6 is 23.2 Å². The molecule has 3 aromatic rings. The van der Waals surface area contributed by atoms with Gasteiger partial charge in [-0.15, -0.1) is 0 Å². The zero-order chi connectivity index (χ0) is 22.2. The molecule has 3 aromatic carbocycles. The van der Waals surface area contributed by atoms with Crippen LogP contribution in [0.5, 0.6) is 17.2 Å². The summed E-state index contributed by atoms with van der Waals surface area (Å²) in [6, 6.07) is 19.4. The average Bonchev–Trinajstić information content (AvgIpc) is 3.25. The Kier molecular flexibility index (Phi) is 5.62. The van der Waals surface area contributed by atoms with Gasteiger partial charge < -0.3 is 14.2 Å². The van der Waals surface area contributed by atoms with Crippen LogP contribution in [0.15, 0.2) is 65.8 Å². The Bertz CT molecular complexity index is 1160. The fraction of sp³-hybridized carbons (Fsp3) is 0.240. The van der Waals surface area contributed by atoms with Gasteiger partial charge in [-0.25, -0.2) is 5.01 Å². The summed E-state index contributed by atoms with van der Waals surface area (Å²) in [5, 5.41) is 8.06. The second-order valence-corrected chi connectivity index (χ2v) is 8.50. The standard InChI is InChI=1S/C25H22Cl2N2O3/c1-3-31-19-10-6-16(7-11-19)25-29-23(20-12-17(26)13-21(27)24(20)32-25)14-22(28-29)15-4-8-18(30-2)9-5-15/h4-13,23,25H,3,14H2,1-2H3/t23-,25-/m1/s1. The number of methoxy groups -OCH3 is 1. The number of fused-ring (bicyclic) bond motifs is 3. The zero-order valence-electron chi connectivity index (χ0n) is 17.7. The first-order chi connectivity index (χ1) is 15.6. The van der Waals surface area contributed by atoms with Crippen molar-refractivity contribution in [3.8, 4) is 17.2 Å². The van der Waals surface area contributed by atoms with Crippen LogP contribution in [0.3, 0.4) is 0 Å². The van der Waals surface area contributed by atoms with Crippen LogP contribution in [-0.4, -0.2) is 24.4 Å². The van der Waals surface area contributed by atoms with E-state index < -0.39 is 6.23 Å². The number of ether oxygens (including phenoxy) is 3. The lowest BCUT2D eigenvalue weighted by atomic mass is 9.96. The second-order valence-electron chi connectivity index (χ2n) is 7.65. The highest BCUT2D eigenvalue weighted by Gasteiger charge is 2.42. The summed E-state index contributed by atoms with van der Waals surface area (Å²) in [5.74, 6) is 2.28. The molecule has 0 amide bonds. The van der Waals surface area contributed by atoms with Gasteiger partial charge >= 0.3 is 0 Å². The lowest BCUT2D eigenvalue weighted by Crippen LogP contribution is -2.33. The maximum atomic E-state index is 6.54. The summed E-state index contributed by atoms with van der Waals surface area (Å²) in [4.78, 5) is 0. The van der Waals surface area contributed by atoms with Crippen molar-refractivity contribution >= 4 is 28.9 Å². The molecule has 0 aliphatic carbocycles. The molecule has 5 nitrogen and oxygen atoms in total. The summed E-state index contributed by atoms with van der Waals surface area (Å²) in [5.41, 5.74) is 3.92. The summed E-state index contributed by atoms with van der Waals surface area (Å²) >= 11 is 12.9. The van der Waals surface area contributed by atoms with Crippen LogP contribution in [0.1, 0.15) is 42.3 Å². The predicted molar refractivity (Wildman–Crippen MR) is 126 cm³/mol. The highest BCUT2D eigenvalue weighted by Crippen LogP contribution is 2.50. The molecular weight excluding hydrogens is 447 g/mol. The number of nitrogens with zero attached hydrogens (tertiary/aromatic N) is 2. The number of halogens is 2. The van der Waals surface area contributed by atoms with Crippen LogP contribution < -0.4 is 14.2 Å². The van der Waals surface area contributed by atoms with Crippen molar-refractivity contribution in [2.75, 3.05) is 13.7 Å². The van der Waals surface area contributed by atoms with Crippen LogP contribution in [0, 0.1) is 0 Å². The van der Waals surface area contributed by atoms with Gasteiger partial charge in [0, 0.05) is 22.6 Å². The van der Waals surface area contributed by atoms with E-state index in [1.807, 2.05) is 66.5 Å². The molecule has 0 spiro atoms. The molecule has 0 radical (unpaired) electrons. The van der Waals surface area contributed by atoms with E-state index >= 15 is 0 Å². The van der Waals surface area contributed by atoms with Gasteiger partial charge in [-0.3, -0.25) is 0 Å². The fourth-order valence-electron chi connectivity index (χ4n) is 4.19. The molecular formula is C25H22Cl2N2O3. The van der Waals surface area contributed by atoms with Gasteiger partial charge in [-0.1, -0.05) is 23.2 Å². The van der Waals surface area contributed by atoms with Crippen molar-refractivity contribution in [1.29, 1.82) is 0 Å². The number of benzene rings is 3. The highest BCUT2D eigenvalue weighted by atomic mass is 35.5. The van der Waals surface area contributed by atoms with E-state index in [2.05, 4.69) is 0 Å². The lowest BCUT2D eigenvalue weighted by molar-refractivity contribution is -0.0189. The molecule has 2 aliphatic heterocycles. The first-order valence-corrected chi connectivity index (χ1v) is 11.2. The molecule has 0 unspecified atom stereocenters. The minimum atomic E-state index is -0.419. The van der Waals surface area contributed by atoms with Crippen LogP contribution in [-0.2, 0) is 0 Å². The SMILES string of the molecule is CCOc1ccc([C@H]2Oc3c(Cl)cc(Cl)cc3[C@H]3CC(c4ccc(OC)cc4)=NN32)cc1. The Morgan fingerprint density at radius 2 is 1.75 bits per heavy atom. The minimum absolute atomic E-state index is 0.0383. The molecule has 32 heavy (non-hydrogen) atoms. The zero-order valence-corrected chi connectivity index (χ0v) is 19.2. The number of hydrogen-bond acceptors (Lipinski definition) is 5. The summed E-state index contributed by atoms with van der Waals surface area (Å²) < 4.78 is 17.3. The largest absolute Gasteiger partial charge is 0.497 e. The smallest absolute Gasteiger partial charge is 0.213 e. The van der Waals surface area contributed by atoms with Gasteiger partial charge in [0.05, 0.1) is 30.5 Å². The first kappa shape index (κ1) is 21.0. The Morgan fingerprint density at radius 3 is 2.44 bits per heavy atom. The normalized spacial score (nSPS) is 19.0. The van der Waals surface area contributed by atoms with E-state index in [1.54, 1.807) is 13.2 Å². The van der Waals surface area contributed by atoms with E-state index in [1.165, 1.54) is 0 Å². The number of hydrogen-bond donors (Lipinski definition) is 0. The number of hydrazone groups is 1. The second kappa shape index (κ2) is 8.57. The molecule has 2 atom stereocenters.